The lowest BCUT2D eigenvalue weighted by Gasteiger charge is -2.50. The van der Waals surface area contributed by atoms with Gasteiger partial charge in [-0.05, 0) is 62.2 Å². The maximum absolute atomic E-state index is 14.1. The van der Waals surface area contributed by atoms with E-state index in [0.717, 1.165) is 0 Å². The number of carbonyl (C=O) groups excluding carboxylic acids is 4. The molecule has 0 heterocycles. The molecule has 4 unspecified atom stereocenters. The van der Waals surface area contributed by atoms with E-state index >= 15 is 0 Å². The zero-order valence-electron chi connectivity index (χ0n) is 23.5. The average Bonchev–Trinajstić information content (AvgIpc) is 2.90. The highest BCUT2D eigenvalue weighted by Crippen LogP contribution is 2.54. The van der Waals surface area contributed by atoms with Crippen LogP contribution in [0.25, 0.3) is 16.9 Å². The third-order valence-electron chi connectivity index (χ3n) is 8.64. The van der Waals surface area contributed by atoms with Gasteiger partial charge in [-0.25, -0.2) is 0 Å². The molecule has 12 nitrogen and oxygen atoms in total. The molecule has 0 spiro atoms. The number of hydrogen-bond donors (Lipinski definition) is 6. The molecular formula is C30H32N4O8. The molecule has 2 aromatic carbocycles. The van der Waals surface area contributed by atoms with Gasteiger partial charge in [-0.2, -0.15) is 0 Å². The average molecular weight is 577 g/mol. The molecule has 5 rings (SSSR count). The number of ketones is 2. The van der Waals surface area contributed by atoms with Gasteiger partial charge < -0.3 is 36.8 Å². The van der Waals surface area contributed by atoms with Crippen molar-refractivity contribution in [1.82, 2.24) is 4.90 Å². The number of carbonyl (C=O) groups is 4. The number of aliphatic hydroxyl groups is 3. The second-order valence-electron chi connectivity index (χ2n) is 11.4. The number of aliphatic hydroxyl groups excluding tert-OH is 2. The number of benzene rings is 2. The van der Waals surface area contributed by atoms with Crippen molar-refractivity contribution in [2.75, 3.05) is 33.1 Å². The summed E-state index contributed by atoms with van der Waals surface area (Å²) < 4.78 is 0. The molecule has 0 saturated heterocycles. The fourth-order valence-corrected chi connectivity index (χ4v) is 6.75. The maximum atomic E-state index is 14.1. The molecule has 1 fully saturated rings. The van der Waals surface area contributed by atoms with Crippen LogP contribution in [0, 0.1) is 11.8 Å². The first-order valence-electron chi connectivity index (χ1n) is 13.2. The van der Waals surface area contributed by atoms with Gasteiger partial charge in [0.2, 0.25) is 11.7 Å². The molecule has 3 aliphatic carbocycles. The summed E-state index contributed by atoms with van der Waals surface area (Å²) in [5, 5.41) is 46.0. The first kappa shape index (κ1) is 28.8. The number of aromatic hydroxyl groups is 1. The number of nitrogens with zero attached hydrogens (tertiary/aromatic N) is 2. The van der Waals surface area contributed by atoms with Crippen molar-refractivity contribution in [1.29, 1.82) is 0 Å². The van der Waals surface area contributed by atoms with Gasteiger partial charge >= 0.3 is 0 Å². The summed E-state index contributed by atoms with van der Waals surface area (Å²) in [5.41, 5.74) is 8.96. The van der Waals surface area contributed by atoms with E-state index in [2.05, 4.69) is 0 Å². The van der Waals surface area contributed by atoms with Crippen LogP contribution in [0.5, 0.6) is 5.75 Å². The monoisotopic (exact) mass is 576 g/mol. The van der Waals surface area contributed by atoms with Crippen LogP contribution in [0.2, 0.25) is 0 Å². The van der Waals surface area contributed by atoms with Crippen molar-refractivity contribution >= 4 is 34.8 Å². The molecule has 0 aromatic heterocycles. The van der Waals surface area contributed by atoms with Crippen LogP contribution in [-0.4, -0.2) is 88.5 Å². The number of rotatable bonds is 5. The third kappa shape index (κ3) is 3.90. The zero-order chi connectivity index (χ0) is 31.0. The van der Waals surface area contributed by atoms with Gasteiger partial charge in [0.15, 0.2) is 11.4 Å². The Labute approximate surface area is 241 Å². The molecule has 12 heteroatoms. The van der Waals surface area contributed by atoms with Gasteiger partial charge in [-0.15, -0.1) is 0 Å². The number of phenolic OH excluding ortho intramolecular Hbond substituents is 1. The van der Waals surface area contributed by atoms with Crippen LogP contribution >= 0.6 is 0 Å². The first-order valence-corrected chi connectivity index (χ1v) is 13.2. The SMILES string of the molecule is CN(C)c1cc(-c2cccc(C(N)=O)c2)c(O)c2c1CC1CC3C(N(C)C)C(=O)C(C(N)=O)=C(O)C3(O)C(=O)C1=C2O. The normalized spacial score (nSPS) is 25.2. The van der Waals surface area contributed by atoms with Crippen LogP contribution in [0.15, 0.2) is 47.2 Å². The second-order valence-corrected chi connectivity index (χ2v) is 11.4. The lowest BCUT2D eigenvalue weighted by molar-refractivity contribution is -0.153. The van der Waals surface area contributed by atoms with Crippen LogP contribution in [0.4, 0.5) is 5.69 Å². The quantitative estimate of drug-likeness (QED) is 0.276. The van der Waals surface area contributed by atoms with E-state index in [1.54, 1.807) is 51.3 Å². The van der Waals surface area contributed by atoms with Crippen molar-refractivity contribution in [3.63, 3.8) is 0 Å². The van der Waals surface area contributed by atoms with Crippen molar-refractivity contribution in [3.05, 3.63) is 63.9 Å². The summed E-state index contributed by atoms with van der Waals surface area (Å²) >= 11 is 0. The van der Waals surface area contributed by atoms with E-state index in [1.165, 1.54) is 17.0 Å². The van der Waals surface area contributed by atoms with Crippen molar-refractivity contribution in [2.24, 2.45) is 23.3 Å². The first-order chi connectivity index (χ1) is 19.6. The molecule has 8 N–H and O–H groups in total. The Morgan fingerprint density at radius 2 is 1.67 bits per heavy atom. The Hall–Kier alpha value is -4.68. The smallest absolute Gasteiger partial charge is 0.255 e. The Kier molecular flexibility index (Phi) is 6.66. The molecule has 42 heavy (non-hydrogen) atoms. The zero-order valence-corrected chi connectivity index (χ0v) is 23.5. The lowest BCUT2D eigenvalue weighted by atomic mass is 9.57. The van der Waals surface area contributed by atoms with Crippen molar-refractivity contribution < 1.29 is 39.6 Å². The number of fused-ring (bicyclic) bond motifs is 3. The van der Waals surface area contributed by atoms with Crippen molar-refractivity contribution in [2.45, 2.75) is 24.5 Å². The van der Waals surface area contributed by atoms with E-state index in [0.29, 0.717) is 16.8 Å². The number of phenols is 1. The fraction of sp³-hybridized carbons (Fsp3) is 0.333. The summed E-state index contributed by atoms with van der Waals surface area (Å²) in [7, 11) is 6.63. The second kappa shape index (κ2) is 9.71. The van der Waals surface area contributed by atoms with E-state index in [1.807, 2.05) is 0 Å². The predicted octanol–water partition coefficient (Wildman–Crippen LogP) is 0.796. The Balaban J connectivity index is 1.77. The summed E-state index contributed by atoms with van der Waals surface area (Å²) in [6, 6.07) is 6.79. The summed E-state index contributed by atoms with van der Waals surface area (Å²) in [5.74, 6) is -7.84. The fourth-order valence-electron chi connectivity index (χ4n) is 6.75. The standard InChI is InChI=1S/C30H32N4O8/c1-33(2)18-11-15(12-6-5-7-13(8-12)28(31)40)23(35)20-16(18)9-14-10-17-22(34(3)4)25(37)21(29(32)41)27(39)30(17,42)26(38)19(14)24(20)36/h5-8,11,14,17,22,35-36,39,42H,9-10H2,1-4H3,(H2,31,40)(H2,32,41). The lowest BCUT2D eigenvalue weighted by Crippen LogP contribution is -2.65. The van der Waals surface area contributed by atoms with Gasteiger partial charge in [0, 0.05) is 42.4 Å². The molecule has 0 radical (unpaired) electrons. The van der Waals surface area contributed by atoms with E-state index in [4.69, 9.17) is 11.5 Å². The highest BCUT2D eigenvalue weighted by Gasteiger charge is 2.64. The molecule has 4 atom stereocenters. The summed E-state index contributed by atoms with van der Waals surface area (Å²) in [6.07, 6.45) is 0.138. The van der Waals surface area contributed by atoms with Crippen molar-refractivity contribution in [3.8, 4) is 16.9 Å². The molecule has 220 valence electrons. The van der Waals surface area contributed by atoms with Crippen LogP contribution in [0.1, 0.15) is 27.9 Å². The topological polar surface area (TPSA) is 208 Å². The molecule has 0 bridgehead atoms. The Morgan fingerprint density at radius 3 is 2.24 bits per heavy atom. The molecule has 3 aliphatic rings. The number of primary amides is 2. The Bertz CT molecular complexity index is 1660. The third-order valence-corrected chi connectivity index (χ3v) is 8.64. The largest absolute Gasteiger partial charge is 0.508 e. The van der Waals surface area contributed by atoms with Gasteiger partial charge in [-0.3, -0.25) is 24.1 Å². The predicted molar refractivity (Wildman–Crippen MR) is 153 cm³/mol. The van der Waals surface area contributed by atoms with Gasteiger partial charge in [0.25, 0.3) is 5.91 Å². The minimum absolute atomic E-state index is 0.0121. The highest BCUT2D eigenvalue weighted by atomic mass is 16.3. The maximum Gasteiger partial charge on any atom is 0.255 e. The number of anilines is 1. The van der Waals surface area contributed by atoms with E-state index in [-0.39, 0.29) is 40.9 Å². The number of Topliss-reactive ketones (excluding diaryl/α,β-unsaturated/α-hetero) is 2. The number of likely N-dealkylation sites (N-methyl/N-ethyl adjacent to an activating group) is 1. The Morgan fingerprint density at radius 1 is 1.00 bits per heavy atom. The molecular weight excluding hydrogens is 544 g/mol. The van der Waals surface area contributed by atoms with Gasteiger partial charge in [-0.1, -0.05) is 12.1 Å². The minimum atomic E-state index is -2.72. The summed E-state index contributed by atoms with van der Waals surface area (Å²) in [4.78, 5) is 54.6. The minimum Gasteiger partial charge on any atom is -0.508 e. The van der Waals surface area contributed by atoms with E-state index < -0.39 is 64.0 Å². The van der Waals surface area contributed by atoms with Gasteiger partial charge in [0.05, 0.1) is 11.6 Å². The van der Waals surface area contributed by atoms with Crippen LogP contribution in [0.3, 0.4) is 0 Å². The van der Waals surface area contributed by atoms with Gasteiger partial charge in [0.1, 0.15) is 22.8 Å². The summed E-state index contributed by atoms with van der Waals surface area (Å²) in [6.45, 7) is 0. The molecule has 2 aromatic rings. The number of hydrogen-bond acceptors (Lipinski definition) is 10. The molecule has 1 saturated carbocycles. The van der Waals surface area contributed by atoms with Crippen LogP contribution < -0.4 is 16.4 Å². The number of nitrogens with two attached hydrogens (primary N) is 2. The number of amides is 2. The molecule has 2 amide bonds. The molecule has 0 aliphatic heterocycles. The van der Waals surface area contributed by atoms with Crippen LogP contribution in [-0.2, 0) is 20.8 Å². The highest BCUT2D eigenvalue weighted by molar-refractivity contribution is 6.24. The van der Waals surface area contributed by atoms with E-state index in [9.17, 15) is 39.6 Å².